The molecule has 0 radical (unpaired) electrons. The van der Waals surface area contributed by atoms with Gasteiger partial charge in [0.2, 0.25) is 0 Å². The molecule has 2 bridgehead atoms. The Kier molecular flexibility index (Phi) is 1.64. The normalized spacial score (nSPS) is 35.4. The molecule has 0 aromatic carbocycles. The molecule has 1 aromatic rings. The molecule has 2 fully saturated rings. The summed E-state index contributed by atoms with van der Waals surface area (Å²) in [6.45, 7) is 2.01. The number of nitrogens with zero attached hydrogens (tertiary/aromatic N) is 2. The fourth-order valence-corrected chi connectivity index (χ4v) is 3.31. The van der Waals surface area contributed by atoms with Gasteiger partial charge in [0, 0.05) is 6.07 Å². The van der Waals surface area contributed by atoms with Crippen LogP contribution in [0.1, 0.15) is 37.4 Å². The first-order chi connectivity index (χ1) is 6.74. The summed E-state index contributed by atoms with van der Waals surface area (Å²) >= 11 is 0. The lowest BCUT2D eigenvalue weighted by molar-refractivity contribution is 0.309. The molecule has 0 amide bonds. The summed E-state index contributed by atoms with van der Waals surface area (Å²) in [6.07, 6.45) is 5.52. The number of aromatic nitrogens is 2. The standard InChI is InChI=1S/C11H17N3/c1-7-4-11(12)14(13-7)10-6-8-2-3-9(10)5-8/h4,8-10H,2-3,5-6,12H2,1H3/t8-,9+,10-/m0/s1. The van der Waals surface area contributed by atoms with Gasteiger partial charge in [-0.15, -0.1) is 0 Å². The highest BCUT2D eigenvalue weighted by atomic mass is 15.3. The van der Waals surface area contributed by atoms with Crippen molar-refractivity contribution in [3.8, 4) is 0 Å². The third-order valence-corrected chi connectivity index (χ3v) is 3.90. The number of hydrogen-bond acceptors (Lipinski definition) is 2. The van der Waals surface area contributed by atoms with E-state index in [1.165, 1.54) is 25.7 Å². The first-order valence-electron chi connectivity index (χ1n) is 5.55. The maximum absolute atomic E-state index is 5.95. The van der Waals surface area contributed by atoms with E-state index in [0.717, 1.165) is 23.3 Å². The van der Waals surface area contributed by atoms with Gasteiger partial charge in [0.1, 0.15) is 5.82 Å². The molecule has 3 atom stereocenters. The van der Waals surface area contributed by atoms with Gasteiger partial charge in [0.05, 0.1) is 11.7 Å². The average molecular weight is 191 g/mol. The minimum absolute atomic E-state index is 0.599. The van der Waals surface area contributed by atoms with Crippen molar-refractivity contribution >= 4 is 5.82 Å². The fourth-order valence-electron chi connectivity index (χ4n) is 3.31. The first-order valence-corrected chi connectivity index (χ1v) is 5.55. The smallest absolute Gasteiger partial charge is 0.122 e. The molecular formula is C11H17N3. The van der Waals surface area contributed by atoms with Crippen LogP contribution in [0.3, 0.4) is 0 Å². The molecule has 1 heterocycles. The Labute approximate surface area is 84.3 Å². The lowest BCUT2D eigenvalue weighted by Gasteiger charge is -2.22. The molecule has 2 saturated carbocycles. The van der Waals surface area contributed by atoms with Crippen LogP contribution in [0.5, 0.6) is 0 Å². The molecule has 1 aromatic heterocycles. The Morgan fingerprint density at radius 3 is 2.79 bits per heavy atom. The summed E-state index contributed by atoms with van der Waals surface area (Å²) in [7, 11) is 0. The summed E-state index contributed by atoms with van der Waals surface area (Å²) in [5.74, 6) is 2.65. The number of rotatable bonds is 1. The van der Waals surface area contributed by atoms with E-state index in [0.29, 0.717) is 6.04 Å². The lowest BCUT2D eigenvalue weighted by Crippen LogP contribution is -2.19. The van der Waals surface area contributed by atoms with E-state index >= 15 is 0 Å². The average Bonchev–Trinajstić information content (AvgIpc) is 2.79. The number of nitrogen functional groups attached to an aromatic ring is 1. The Balaban J connectivity index is 1.92. The van der Waals surface area contributed by atoms with Gasteiger partial charge < -0.3 is 5.73 Å². The van der Waals surface area contributed by atoms with Gasteiger partial charge in [0.25, 0.3) is 0 Å². The van der Waals surface area contributed by atoms with Crippen LogP contribution in [0.15, 0.2) is 6.07 Å². The molecular weight excluding hydrogens is 174 g/mol. The van der Waals surface area contributed by atoms with Crippen LogP contribution < -0.4 is 5.73 Å². The van der Waals surface area contributed by atoms with Gasteiger partial charge in [-0.1, -0.05) is 6.42 Å². The molecule has 3 rings (SSSR count). The van der Waals surface area contributed by atoms with Crippen molar-refractivity contribution in [3.63, 3.8) is 0 Å². The molecule has 0 unspecified atom stereocenters. The highest BCUT2D eigenvalue weighted by molar-refractivity contribution is 5.31. The van der Waals surface area contributed by atoms with Crippen LogP contribution >= 0.6 is 0 Å². The molecule has 2 aliphatic rings. The number of aryl methyl sites for hydroxylation is 1. The molecule has 0 spiro atoms. The van der Waals surface area contributed by atoms with Crippen LogP contribution in [-0.2, 0) is 0 Å². The second kappa shape index (κ2) is 2.75. The monoisotopic (exact) mass is 191 g/mol. The van der Waals surface area contributed by atoms with Gasteiger partial charge >= 0.3 is 0 Å². The van der Waals surface area contributed by atoms with Crippen molar-refractivity contribution in [2.75, 3.05) is 5.73 Å². The van der Waals surface area contributed by atoms with E-state index in [9.17, 15) is 0 Å². The van der Waals surface area contributed by atoms with Gasteiger partial charge in [-0.25, -0.2) is 4.68 Å². The topological polar surface area (TPSA) is 43.8 Å². The van der Waals surface area contributed by atoms with E-state index in [2.05, 4.69) is 9.78 Å². The zero-order valence-corrected chi connectivity index (χ0v) is 8.61. The molecule has 2 aliphatic carbocycles. The van der Waals surface area contributed by atoms with Crippen LogP contribution in [0.2, 0.25) is 0 Å². The highest BCUT2D eigenvalue weighted by Gasteiger charge is 2.41. The number of nitrogens with two attached hydrogens (primary N) is 1. The fraction of sp³-hybridized carbons (Fsp3) is 0.727. The zero-order chi connectivity index (χ0) is 9.71. The third-order valence-electron chi connectivity index (χ3n) is 3.90. The second-order valence-corrected chi connectivity index (χ2v) is 4.90. The van der Waals surface area contributed by atoms with Crippen LogP contribution in [0.4, 0.5) is 5.82 Å². The van der Waals surface area contributed by atoms with Gasteiger partial charge in [-0.2, -0.15) is 5.10 Å². The van der Waals surface area contributed by atoms with Crippen molar-refractivity contribution in [3.05, 3.63) is 11.8 Å². The number of anilines is 1. The number of hydrogen-bond donors (Lipinski definition) is 1. The largest absolute Gasteiger partial charge is 0.384 e. The molecule has 14 heavy (non-hydrogen) atoms. The van der Waals surface area contributed by atoms with Gasteiger partial charge in [0.15, 0.2) is 0 Å². The molecule has 3 heteroatoms. The minimum atomic E-state index is 0.599. The summed E-state index contributed by atoms with van der Waals surface area (Å²) in [5.41, 5.74) is 7.00. The van der Waals surface area contributed by atoms with Crippen molar-refractivity contribution in [1.82, 2.24) is 9.78 Å². The van der Waals surface area contributed by atoms with E-state index in [1.54, 1.807) is 0 Å². The highest BCUT2D eigenvalue weighted by Crippen LogP contribution is 2.50. The quantitative estimate of drug-likeness (QED) is 0.739. The molecule has 3 nitrogen and oxygen atoms in total. The molecule has 0 saturated heterocycles. The molecule has 2 N–H and O–H groups in total. The van der Waals surface area contributed by atoms with Gasteiger partial charge in [-0.3, -0.25) is 0 Å². The lowest BCUT2D eigenvalue weighted by atomic mass is 9.95. The predicted molar refractivity (Wildman–Crippen MR) is 55.9 cm³/mol. The van der Waals surface area contributed by atoms with Crippen molar-refractivity contribution < 1.29 is 0 Å². The minimum Gasteiger partial charge on any atom is -0.384 e. The maximum atomic E-state index is 5.95. The van der Waals surface area contributed by atoms with E-state index in [1.807, 2.05) is 13.0 Å². The maximum Gasteiger partial charge on any atom is 0.122 e. The first kappa shape index (κ1) is 8.33. The third kappa shape index (κ3) is 1.08. The van der Waals surface area contributed by atoms with E-state index < -0.39 is 0 Å². The van der Waals surface area contributed by atoms with Gasteiger partial charge in [-0.05, 0) is 38.0 Å². The summed E-state index contributed by atoms with van der Waals surface area (Å²) in [5, 5.41) is 4.50. The van der Waals surface area contributed by atoms with E-state index in [-0.39, 0.29) is 0 Å². The SMILES string of the molecule is Cc1cc(N)n([C@H]2C[C@H]3CC[C@@H]2C3)n1. The van der Waals surface area contributed by atoms with Crippen molar-refractivity contribution in [2.24, 2.45) is 11.8 Å². The van der Waals surface area contributed by atoms with Crippen LogP contribution in [0.25, 0.3) is 0 Å². The van der Waals surface area contributed by atoms with Crippen molar-refractivity contribution in [2.45, 2.75) is 38.6 Å². The Morgan fingerprint density at radius 1 is 1.43 bits per heavy atom. The van der Waals surface area contributed by atoms with Crippen LogP contribution in [0, 0.1) is 18.8 Å². The zero-order valence-electron chi connectivity index (χ0n) is 8.61. The van der Waals surface area contributed by atoms with E-state index in [4.69, 9.17) is 5.73 Å². The molecule has 0 aliphatic heterocycles. The second-order valence-electron chi connectivity index (χ2n) is 4.90. The molecule has 76 valence electrons. The summed E-state index contributed by atoms with van der Waals surface area (Å²) in [4.78, 5) is 0. The number of fused-ring (bicyclic) bond motifs is 2. The Morgan fingerprint density at radius 2 is 2.29 bits per heavy atom. The predicted octanol–water partition coefficient (Wildman–Crippen LogP) is 2.13. The Bertz CT molecular complexity index is 355. The summed E-state index contributed by atoms with van der Waals surface area (Å²) in [6, 6.07) is 2.58. The summed E-state index contributed by atoms with van der Waals surface area (Å²) < 4.78 is 2.07. The van der Waals surface area contributed by atoms with Crippen LogP contribution in [-0.4, -0.2) is 9.78 Å². The Hall–Kier alpha value is -0.990. The van der Waals surface area contributed by atoms with Crippen molar-refractivity contribution in [1.29, 1.82) is 0 Å².